The molecule has 1 aliphatic heterocycles. The van der Waals surface area contributed by atoms with Crippen LogP contribution in [0.1, 0.15) is 40.5 Å². The van der Waals surface area contributed by atoms with E-state index in [1.54, 1.807) is 0 Å². The van der Waals surface area contributed by atoms with Crippen molar-refractivity contribution in [3.05, 3.63) is 12.2 Å². The molecule has 1 heterocycles. The van der Waals surface area contributed by atoms with E-state index in [9.17, 15) is 0 Å². The van der Waals surface area contributed by atoms with Crippen LogP contribution in [0.5, 0.6) is 0 Å². The predicted octanol–water partition coefficient (Wildman–Crippen LogP) is 2.66. The van der Waals surface area contributed by atoms with Crippen molar-refractivity contribution in [3.63, 3.8) is 0 Å². The fourth-order valence-electron chi connectivity index (χ4n) is 2.63. The highest BCUT2D eigenvalue weighted by Crippen LogP contribution is 2.24. The second kappa shape index (κ2) is 6.41. The van der Waals surface area contributed by atoms with Crippen molar-refractivity contribution in [1.82, 2.24) is 10.2 Å². The number of hydrogen-bond donors (Lipinski definition) is 1. The zero-order valence-corrected chi connectivity index (χ0v) is 11.4. The van der Waals surface area contributed by atoms with E-state index in [1.807, 2.05) is 0 Å². The van der Waals surface area contributed by atoms with Crippen molar-refractivity contribution in [2.45, 2.75) is 52.6 Å². The molecule has 0 aromatic rings. The first-order valence-corrected chi connectivity index (χ1v) is 6.68. The van der Waals surface area contributed by atoms with Crippen molar-refractivity contribution >= 4 is 0 Å². The molecule has 1 rings (SSSR count). The molecule has 1 N–H and O–H groups in total. The minimum atomic E-state index is 0.666. The number of rotatable bonds is 5. The zero-order valence-electron chi connectivity index (χ0n) is 11.4. The van der Waals surface area contributed by atoms with Crippen LogP contribution in [0, 0.1) is 5.92 Å². The number of likely N-dealkylation sites (tertiary alicyclic amines) is 1. The average Bonchev–Trinajstić information content (AvgIpc) is 2.23. The lowest BCUT2D eigenvalue weighted by molar-refractivity contribution is 0.0939. The molecule has 16 heavy (non-hydrogen) atoms. The quantitative estimate of drug-likeness (QED) is 0.722. The molecule has 0 radical (unpaired) electrons. The van der Waals surface area contributed by atoms with Gasteiger partial charge in [0, 0.05) is 25.2 Å². The molecule has 0 saturated carbocycles. The standard InChI is InChI=1S/C14H28N2/c1-6-8-15-14-7-9-16(10-11(2)3)13(5)12(14)4/h12-15H,2,6-10H2,1,3-5H3. The highest BCUT2D eigenvalue weighted by Gasteiger charge is 2.31. The molecule has 0 spiro atoms. The maximum atomic E-state index is 4.02. The van der Waals surface area contributed by atoms with E-state index in [0.717, 1.165) is 19.0 Å². The molecule has 2 nitrogen and oxygen atoms in total. The Balaban J connectivity index is 2.47. The van der Waals surface area contributed by atoms with Gasteiger partial charge in [-0.25, -0.2) is 0 Å². The summed E-state index contributed by atoms with van der Waals surface area (Å²) in [5, 5.41) is 3.68. The van der Waals surface area contributed by atoms with E-state index in [2.05, 4.69) is 44.5 Å². The number of piperidine rings is 1. The minimum absolute atomic E-state index is 0.666. The monoisotopic (exact) mass is 224 g/mol. The van der Waals surface area contributed by atoms with Crippen LogP contribution in [0.3, 0.4) is 0 Å². The smallest absolute Gasteiger partial charge is 0.0190 e. The summed E-state index contributed by atoms with van der Waals surface area (Å²) in [6.07, 6.45) is 2.51. The fraction of sp³-hybridized carbons (Fsp3) is 0.857. The van der Waals surface area contributed by atoms with E-state index >= 15 is 0 Å². The van der Waals surface area contributed by atoms with Crippen LogP contribution in [-0.2, 0) is 0 Å². The molecule has 94 valence electrons. The Morgan fingerprint density at radius 1 is 1.44 bits per heavy atom. The first-order chi connectivity index (χ1) is 7.56. The second-order valence-corrected chi connectivity index (χ2v) is 5.38. The van der Waals surface area contributed by atoms with Gasteiger partial charge in [0.15, 0.2) is 0 Å². The molecular weight excluding hydrogens is 196 g/mol. The van der Waals surface area contributed by atoms with Gasteiger partial charge < -0.3 is 5.32 Å². The topological polar surface area (TPSA) is 15.3 Å². The Kier molecular flexibility index (Phi) is 5.50. The van der Waals surface area contributed by atoms with E-state index in [-0.39, 0.29) is 0 Å². The summed E-state index contributed by atoms with van der Waals surface area (Å²) in [6.45, 7) is 16.5. The molecule has 3 atom stereocenters. The number of nitrogens with one attached hydrogen (secondary N) is 1. The largest absolute Gasteiger partial charge is 0.314 e. The maximum absolute atomic E-state index is 4.02. The summed E-state index contributed by atoms with van der Waals surface area (Å²) in [5.41, 5.74) is 1.28. The van der Waals surface area contributed by atoms with Gasteiger partial charge in [0.1, 0.15) is 0 Å². The molecule has 1 aliphatic rings. The predicted molar refractivity (Wildman–Crippen MR) is 71.7 cm³/mol. The molecule has 1 saturated heterocycles. The van der Waals surface area contributed by atoms with Crippen LogP contribution >= 0.6 is 0 Å². The minimum Gasteiger partial charge on any atom is -0.314 e. The van der Waals surface area contributed by atoms with Crippen LogP contribution in [-0.4, -0.2) is 36.6 Å². The van der Waals surface area contributed by atoms with Gasteiger partial charge in [-0.15, -0.1) is 0 Å². The zero-order chi connectivity index (χ0) is 12.1. The third-order valence-corrected chi connectivity index (χ3v) is 3.83. The lowest BCUT2D eigenvalue weighted by atomic mass is 9.86. The summed E-state index contributed by atoms with van der Waals surface area (Å²) in [4.78, 5) is 2.57. The van der Waals surface area contributed by atoms with Crippen LogP contribution in [0.4, 0.5) is 0 Å². The normalized spacial score (nSPS) is 31.6. The number of nitrogens with zero attached hydrogens (tertiary/aromatic N) is 1. The van der Waals surface area contributed by atoms with Gasteiger partial charge in [-0.2, -0.15) is 0 Å². The van der Waals surface area contributed by atoms with Crippen molar-refractivity contribution in [2.75, 3.05) is 19.6 Å². The molecular formula is C14H28N2. The van der Waals surface area contributed by atoms with Crippen LogP contribution in [0.25, 0.3) is 0 Å². The van der Waals surface area contributed by atoms with Crippen LogP contribution in [0.15, 0.2) is 12.2 Å². The van der Waals surface area contributed by atoms with Crippen molar-refractivity contribution in [3.8, 4) is 0 Å². The second-order valence-electron chi connectivity index (χ2n) is 5.38. The third kappa shape index (κ3) is 3.60. The third-order valence-electron chi connectivity index (χ3n) is 3.83. The molecule has 3 unspecified atom stereocenters. The molecule has 0 aromatic heterocycles. The summed E-state index contributed by atoms with van der Waals surface area (Å²) in [5.74, 6) is 0.736. The molecule has 0 amide bonds. The summed E-state index contributed by atoms with van der Waals surface area (Å²) in [6, 6.07) is 1.37. The average molecular weight is 224 g/mol. The Labute approximate surface area is 101 Å². The van der Waals surface area contributed by atoms with Crippen molar-refractivity contribution < 1.29 is 0 Å². The van der Waals surface area contributed by atoms with Crippen molar-refractivity contribution in [2.24, 2.45) is 5.92 Å². The van der Waals surface area contributed by atoms with Gasteiger partial charge in [0.05, 0.1) is 0 Å². The highest BCUT2D eigenvalue weighted by atomic mass is 15.2. The van der Waals surface area contributed by atoms with Gasteiger partial charge in [0.2, 0.25) is 0 Å². The Hall–Kier alpha value is -0.340. The van der Waals surface area contributed by atoms with E-state index in [0.29, 0.717) is 12.1 Å². The fourth-order valence-corrected chi connectivity index (χ4v) is 2.63. The summed E-state index contributed by atoms with van der Waals surface area (Å²) in [7, 11) is 0. The SMILES string of the molecule is C=C(C)CN1CCC(NCCC)C(C)C1C. The number of hydrogen-bond acceptors (Lipinski definition) is 2. The Morgan fingerprint density at radius 3 is 2.69 bits per heavy atom. The van der Waals surface area contributed by atoms with Gasteiger partial charge in [0.25, 0.3) is 0 Å². The van der Waals surface area contributed by atoms with E-state index < -0.39 is 0 Å². The highest BCUT2D eigenvalue weighted by molar-refractivity contribution is 4.97. The van der Waals surface area contributed by atoms with Crippen molar-refractivity contribution in [1.29, 1.82) is 0 Å². The van der Waals surface area contributed by atoms with Gasteiger partial charge in [-0.05, 0) is 39.2 Å². The lowest BCUT2D eigenvalue weighted by Gasteiger charge is -2.43. The Bertz CT molecular complexity index is 225. The molecule has 2 heteroatoms. The summed E-state index contributed by atoms with van der Waals surface area (Å²) < 4.78 is 0. The van der Waals surface area contributed by atoms with E-state index in [4.69, 9.17) is 0 Å². The van der Waals surface area contributed by atoms with Gasteiger partial charge in [-0.1, -0.05) is 26.0 Å². The van der Waals surface area contributed by atoms with E-state index in [1.165, 1.54) is 25.0 Å². The first kappa shape index (κ1) is 13.7. The van der Waals surface area contributed by atoms with Gasteiger partial charge in [-0.3, -0.25) is 4.90 Å². The lowest BCUT2D eigenvalue weighted by Crippen LogP contribution is -2.53. The maximum Gasteiger partial charge on any atom is 0.0190 e. The molecule has 0 bridgehead atoms. The molecule has 0 aliphatic carbocycles. The Morgan fingerprint density at radius 2 is 2.12 bits per heavy atom. The first-order valence-electron chi connectivity index (χ1n) is 6.68. The van der Waals surface area contributed by atoms with Gasteiger partial charge >= 0.3 is 0 Å². The van der Waals surface area contributed by atoms with Crippen LogP contribution < -0.4 is 5.32 Å². The van der Waals surface area contributed by atoms with Crippen LogP contribution in [0.2, 0.25) is 0 Å². The summed E-state index contributed by atoms with van der Waals surface area (Å²) >= 11 is 0. The molecule has 1 fully saturated rings. The molecule has 0 aromatic carbocycles.